The van der Waals surface area contributed by atoms with Crippen molar-refractivity contribution >= 4 is 16.9 Å². The van der Waals surface area contributed by atoms with Gasteiger partial charge in [-0.1, -0.05) is 0 Å². The number of hydrogen-bond acceptors (Lipinski definition) is 4. The minimum Gasteiger partial charge on any atom is -0.363 e. The minimum atomic E-state index is -0.370. The summed E-state index contributed by atoms with van der Waals surface area (Å²) in [5.74, 6) is 0.709. The van der Waals surface area contributed by atoms with Crippen LogP contribution in [0.25, 0.3) is 11.0 Å². The molecule has 2 heterocycles. The summed E-state index contributed by atoms with van der Waals surface area (Å²) in [6.07, 6.45) is 0. The summed E-state index contributed by atoms with van der Waals surface area (Å²) < 4.78 is 2.46. The first-order valence-corrected chi connectivity index (χ1v) is 5.17. The lowest BCUT2D eigenvalue weighted by molar-refractivity contribution is 0.707. The van der Waals surface area contributed by atoms with E-state index in [1.54, 1.807) is 19.2 Å². The van der Waals surface area contributed by atoms with Crippen LogP contribution >= 0.6 is 0 Å². The number of anilines is 1. The van der Waals surface area contributed by atoms with Gasteiger partial charge >= 0.3 is 5.69 Å². The molecule has 2 rings (SSSR count). The van der Waals surface area contributed by atoms with E-state index < -0.39 is 0 Å². The van der Waals surface area contributed by atoms with Crippen molar-refractivity contribution in [3.63, 3.8) is 0 Å². The average molecular weight is 234 g/mol. The zero-order valence-corrected chi connectivity index (χ0v) is 10.3. The Morgan fingerprint density at radius 2 is 1.76 bits per heavy atom. The highest BCUT2D eigenvalue weighted by Crippen LogP contribution is 2.11. The van der Waals surface area contributed by atoms with Crippen LogP contribution in [-0.4, -0.2) is 28.2 Å². The van der Waals surface area contributed by atoms with Crippen molar-refractivity contribution in [2.24, 2.45) is 14.1 Å². The molecule has 90 valence electrons. The molecule has 0 aliphatic rings. The maximum Gasteiger partial charge on any atom is 0.332 e. The number of pyridine rings is 1. The van der Waals surface area contributed by atoms with Crippen molar-refractivity contribution in [1.29, 1.82) is 0 Å². The molecular weight excluding hydrogens is 220 g/mol. The summed E-state index contributed by atoms with van der Waals surface area (Å²) in [7, 11) is 6.78. The van der Waals surface area contributed by atoms with Crippen molar-refractivity contribution in [1.82, 2.24) is 14.1 Å². The van der Waals surface area contributed by atoms with Crippen LogP contribution in [-0.2, 0) is 14.1 Å². The van der Waals surface area contributed by atoms with Gasteiger partial charge < -0.3 is 4.90 Å². The minimum absolute atomic E-state index is 0.319. The normalized spacial score (nSPS) is 10.8. The molecule has 0 bridgehead atoms. The van der Waals surface area contributed by atoms with E-state index in [9.17, 15) is 9.59 Å². The van der Waals surface area contributed by atoms with Crippen molar-refractivity contribution in [2.45, 2.75) is 0 Å². The second kappa shape index (κ2) is 3.73. The van der Waals surface area contributed by atoms with Gasteiger partial charge in [0.15, 0.2) is 5.65 Å². The molecule has 2 aromatic rings. The number of nitrogens with zero attached hydrogens (tertiary/aromatic N) is 4. The molecule has 2 aromatic heterocycles. The molecule has 6 heteroatoms. The number of aromatic nitrogens is 3. The van der Waals surface area contributed by atoms with Crippen LogP contribution in [0, 0.1) is 0 Å². The first-order valence-electron chi connectivity index (χ1n) is 5.17. The number of fused-ring (bicyclic) bond motifs is 1. The molecule has 0 aliphatic heterocycles. The molecular formula is C11H14N4O2. The van der Waals surface area contributed by atoms with Crippen LogP contribution in [0.5, 0.6) is 0 Å². The highest BCUT2D eigenvalue weighted by Gasteiger charge is 2.10. The Morgan fingerprint density at radius 3 is 2.35 bits per heavy atom. The first kappa shape index (κ1) is 11.4. The molecule has 0 N–H and O–H groups in total. The SMILES string of the molecule is CN(C)c1ccc2c(=O)n(C)c(=O)n(C)c2n1. The molecule has 0 aliphatic carbocycles. The van der Waals surface area contributed by atoms with E-state index >= 15 is 0 Å². The summed E-state index contributed by atoms with van der Waals surface area (Å²) in [5, 5.41) is 0.445. The van der Waals surface area contributed by atoms with Gasteiger partial charge in [-0.05, 0) is 12.1 Å². The van der Waals surface area contributed by atoms with Crippen LogP contribution in [0.3, 0.4) is 0 Å². The van der Waals surface area contributed by atoms with E-state index in [0.717, 1.165) is 4.57 Å². The quantitative estimate of drug-likeness (QED) is 0.679. The van der Waals surface area contributed by atoms with Gasteiger partial charge in [-0.25, -0.2) is 9.78 Å². The van der Waals surface area contributed by atoms with Gasteiger partial charge in [0, 0.05) is 28.2 Å². The molecule has 0 spiro atoms. The van der Waals surface area contributed by atoms with Crippen molar-refractivity contribution in [2.75, 3.05) is 19.0 Å². The summed E-state index contributed by atoms with van der Waals surface area (Å²) in [5.41, 5.74) is -0.281. The van der Waals surface area contributed by atoms with Gasteiger partial charge in [-0.2, -0.15) is 0 Å². The third-order valence-corrected chi connectivity index (χ3v) is 2.75. The van der Waals surface area contributed by atoms with E-state index in [0.29, 0.717) is 16.9 Å². The molecule has 0 fully saturated rings. The molecule has 0 saturated heterocycles. The molecule has 0 radical (unpaired) electrons. The van der Waals surface area contributed by atoms with Crippen LogP contribution in [0.2, 0.25) is 0 Å². The smallest absolute Gasteiger partial charge is 0.332 e. The van der Waals surface area contributed by atoms with Crippen molar-refractivity contribution in [3.05, 3.63) is 33.0 Å². The lowest BCUT2D eigenvalue weighted by Crippen LogP contribution is -2.37. The van der Waals surface area contributed by atoms with Gasteiger partial charge in [0.25, 0.3) is 5.56 Å². The van der Waals surface area contributed by atoms with Crippen LogP contribution in [0.15, 0.2) is 21.7 Å². The van der Waals surface area contributed by atoms with E-state index in [1.807, 2.05) is 19.0 Å². The van der Waals surface area contributed by atoms with E-state index in [1.165, 1.54) is 11.6 Å². The monoisotopic (exact) mass is 234 g/mol. The van der Waals surface area contributed by atoms with Crippen molar-refractivity contribution in [3.8, 4) is 0 Å². The fraction of sp³-hybridized carbons (Fsp3) is 0.364. The molecule has 6 nitrogen and oxygen atoms in total. The topological polar surface area (TPSA) is 60.1 Å². The highest BCUT2D eigenvalue weighted by atomic mass is 16.2. The maximum atomic E-state index is 11.9. The maximum absolute atomic E-state index is 11.9. The van der Waals surface area contributed by atoms with Gasteiger partial charge in [0.1, 0.15) is 5.82 Å². The Balaban J connectivity index is 2.97. The zero-order chi connectivity index (χ0) is 12.7. The average Bonchev–Trinajstić information content (AvgIpc) is 2.32. The lowest BCUT2D eigenvalue weighted by Gasteiger charge is -2.13. The van der Waals surface area contributed by atoms with Crippen LogP contribution in [0.4, 0.5) is 5.82 Å². The number of hydrogen-bond donors (Lipinski definition) is 0. The van der Waals surface area contributed by atoms with Gasteiger partial charge in [0.05, 0.1) is 5.39 Å². The second-order valence-corrected chi connectivity index (χ2v) is 4.14. The Labute approximate surface area is 97.7 Å². The third kappa shape index (κ3) is 1.61. The van der Waals surface area contributed by atoms with Crippen LogP contribution < -0.4 is 16.1 Å². The van der Waals surface area contributed by atoms with E-state index in [2.05, 4.69) is 4.98 Å². The molecule has 0 atom stereocenters. The number of rotatable bonds is 1. The summed E-state index contributed by atoms with van der Waals surface area (Å²) >= 11 is 0. The first-order chi connectivity index (χ1) is 7.93. The summed E-state index contributed by atoms with van der Waals surface area (Å²) in [6, 6.07) is 3.45. The van der Waals surface area contributed by atoms with Gasteiger partial charge in [-0.3, -0.25) is 13.9 Å². The Kier molecular flexibility index (Phi) is 2.49. The fourth-order valence-electron chi connectivity index (χ4n) is 1.69. The predicted molar refractivity (Wildman–Crippen MR) is 66.6 cm³/mol. The van der Waals surface area contributed by atoms with E-state index in [-0.39, 0.29) is 11.2 Å². The highest BCUT2D eigenvalue weighted by molar-refractivity contribution is 5.75. The van der Waals surface area contributed by atoms with E-state index in [4.69, 9.17) is 0 Å². The summed E-state index contributed by atoms with van der Waals surface area (Å²) in [6.45, 7) is 0. The Bertz CT molecular complexity index is 697. The Morgan fingerprint density at radius 1 is 1.12 bits per heavy atom. The molecule has 0 aromatic carbocycles. The molecule has 0 amide bonds. The summed E-state index contributed by atoms with van der Waals surface area (Å²) in [4.78, 5) is 29.8. The van der Waals surface area contributed by atoms with Crippen LogP contribution in [0.1, 0.15) is 0 Å². The molecule has 17 heavy (non-hydrogen) atoms. The molecule has 0 unspecified atom stereocenters. The molecule has 0 saturated carbocycles. The van der Waals surface area contributed by atoms with Gasteiger partial charge in [0.2, 0.25) is 0 Å². The van der Waals surface area contributed by atoms with Crippen molar-refractivity contribution < 1.29 is 0 Å². The van der Waals surface area contributed by atoms with Gasteiger partial charge in [-0.15, -0.1) is 0 Å². The third-order valence-electron chi connectivity index (χ3n) is 2.75. The Hall–Kier alpha value is -2.11. The number of aryl methyl sites for hydroxylation is 1. The zero-order valence-electron chi connectivity index (χ0n) is 10.3. The second-order valence-electron chi connectivity index (χ2n) is 4.14. The standard InChI is InChI=1S/C11H14N4O2/c1-13(2)8-6-5-7-9(12-8)14(3)11(17)15(4)10(7)16/h5-6H,1-4H3. The largest absolute Gasteiger partial charge is 0.363 e. The fourth-order valence-corrected chi connectivity index (χ4v) is 1.69. The predicted octanol–water partition coefficient (Wildman–Crippen LogP) is -0.302. The lowest BCUT2D eigenvalue weighted by atomic mass is 10.3.